The van der Waals surface area contributed by atoms with Gasteiger partial charge in [0.15, 0.2) is 5.65 Å². The van der Waals surface area contributed by atoms with Crippen LogP contribution in [0.25, 0.3) is 16.8 Å². The van der Waals surface area contributed by atoms with Crippen molar-refractivity contribution in [1.29, 1.82) is 0 Å². The van der Waals surface area contributed by atoms with Gasteiger partial charge in [-0.25, -0.2) is 9.50 Å². The van der Waals surface area contributed by atoms with Crippen molar-refractivity contribution < 1.29 is 9.53 Å². The number of carbonyl (C=O) groups excluding carboxylic acids is 1. The normalized spacial score (nSPS) is 13.4. The summed E-state index contributed by atoms with van der Waals surface area (Å²) in [6, 6.07) is 25.6. The summed E-state index contributed by atoms with van der Waals surface area (Å²) in [5.41, 5.74) is 6.84. The quantitative estimate of drug-likeness (QED) is 0.317. The fourth-order valence-corrected chi connectivity index (χ4v) is 4.86. The van der Waals surface area contributed by atoms with Gasteiger partial charge in [0, 0.05) is 49.3 Å². The summed E-state index contributed by atoms with van der Waals surface area (Å²) in [4.78, 5) is 20.3. The molecule has 8 heteroatoms. The molecule has 3 heterocycles. The highest BCUT2D eigenvalue weighted by Gasteiger charge is 2.17. The highest BCUT2D eigenvalue weighted by Crippen LogP contribution is 2.28. The second-order valence-corrected chi connectivity index (χ2v) is 9.58. The lowest BCUT2D eigenvalue weighted by Crippen LogP contribution is -2.43. The average Bonchev–Trinajstić information content (AvgIpc) is 3.42. The Balaban J connectivity index is 1.20. The average molecular weight is 519 g/mol. The van der Waals surface area contributed by atoms with Crippen molar-refractivity contribution in [2.24, 2.45) is 0 Å². The standard InChI is InChI=1S/C31H30N6O2/c1-22-27(8-5-9-29(22)36-18-15-32-16-19-36)35-31(38)28-14-17-37-30(34-28)26(20-33-37)24-10-12-25(13-11-24)39-21-23-6-3-2-4-7-23/h2-14,17,20,32H,15-16,18-19,21H2,1H3,(H,35,38). The first-order valence-electron chi connectivity index (χ1n) is 13.1. The van der Waals surface area contributed by atoms with E-state index < -0.39 is 0 Å². The van der Waals surface area contributed by atoms with Crippen molar-refractivity contribution in [1.82, 2.24) is 19.9 Å². The molecule has 1 aliphatic rings. The molecule has 2 aromatic heterocycles. The van der Waals surface area contributed by atoms with E-state index in [9.17, 15) is 4.79 Å². The molecule has 1 saturated heterocycles. The summed E-state index contributed by atoms with van der Waals surface area (Å²) in [5, 5.41) is 10.9. The number of fused-ring (bicyclic) bond motifs is 1. The number of anilines is 2. The fraction of sp³-hybridized carbons (Fsp3) is 0.194. The smallest absolute Gasteiger partial charge is 0.274 e. The summed E-state index contributed by atoms with van der Waals surface area (Å²) in [6.45, 7) is 6.36. The zero-order valence-electron chi connectivity index (χ0n) is 21.8. The number of amides is 1. The van der Waals surface area contributed by atoms with Gasteiger partial charge in [-0.05, 0) is 53.9 Å². The van der Waals surface area contributed by atoms with Gasteiger partial charge in [-0.1, -0.05) is 48.5 Å². The lowest BCUT2D eigenvalue weighted by atomic mass is 10.1. The summed E-state index contributed by atoms with van der Waals surface area (Å²) in [5.74, 6) is 0.528. The third kappa shape index (κ3) is 5.32. The van der Waals surface area contributed by atoms with E-state index in [2.05, 4.69) is 31.7 Å². The summed E-state index contributed by atoms with van der Waals surface area (Å²) >= 11 is 0. The van der Waals surface area contributed by atoms with Gasteiger partial charge in [0.05, 0.1) is 6.20 Å². The molecule has 1 amide bonds. The van der Waals surface area contributed by atoms with Crippen LogP contribution in [0.2, 0.25) is 0 Å². The van der Waals surface area contributed by atoms with Gasteiger partial charge in [-0.3, -0.25) is 4.79 Å². The van der Waals surface area contributed by atoms with Gasteiger partial charge in [-0.15, -0.1) is 0 Å². The van der Waals surface area contributed by atoms with Gasteiger partial charge >= 0.3 is 0 Å². The Morgan fingerprint density at radius 3 is 2.56 bits per heavy atom. The number of aromatic nitrogens is 3. The van der Waals surface area contributed by atoms with Crippen LogP contribution in [0.5, 0.6) is 5.75 Å². The molecule has 0 unspecified atom stereocenters. The molecule has 0 bridgehead atoms. The van der Waals surface area contributed by atoms with Gasteiger partial charge < -0.3 is 20.3 Å². The molecule has 0 radical (unpaired) electrons. The molecule has 3 aromatic carbocycles. The van der Waals surface area contributed by atoms with E-state index in [0.717, 1.165) is 65.6 Å². The largest absolute Gasteiger partial charge is 0.489 e. The number of nitrogens with one attached hydrogen (secondary N) is 2. The fourth-order valence-electron chi connectivity index (χ4n) is 4.86. The third-order valence-corrected chi connectivity index (χ3v) is 7.03. The van der Waals surface area contributed by atoms with Crippen LogP contribution in [0.1, 0.15) is 21.6 Å². The van der Waals surface area contributed by atoms with Gasteiger partial charge in [0.1, 0.15) is 18.1 Å². The minimum atomic E-state index is -0.255. The third-order valence-electron chi connectivity index (χ3n) is 7.03. The maximum absolute atomic E-state index is 13.3. The molecular formula is C31H30N6O2. The molecule has 0 saturated carbocycles. The zero-order valence-corrected chi connectivity index (χ0v) is 21.8. The van der Waals surface area contributed by atoms with Crippen LogP contribution in [0.3, 0.4) is 0 Å². The predicted molar refractivity (Wildman–Crippen MR) is 153 cm³/mol. The van der Waals surface area contributed by atoms with Crippen LogP contribution in [-0.2, 0) is 6.61 Å². The Kier molecular flexibility index (Phi) is 6.93. The number of hydrogen-bond donors (Lipinski definition) is 2. The molecule has 0 spiro atoms. The molecule has 2 N–H and O–H groups in total. The Morgan fingerprint density at radius 2 is 1.77 bits per heavy atom. The number of ether oxygens (including phenoxy) is 1. The van der Waals surface area contributed by atoms with Crippen molar-refractivity contribution in [2.45, 2.75) is 13.5 Å². The van der Waals surface area contributed by atoms with Crippen LogP contribution in [0.4, 0.5) is 11.4 Å². The molecule has 5 aromatic rings. The second-order valence-electron chi connectivity index (χ2n) is 9.58. The van der Waals surface area contributed by atoms with Crippen molar-refractivity contribution in [3.63, 3.8) is 0 Å². The van der Waals surface area contributed by atoms with Gasteiger partial charge in [0.25, 0.3) is 5.91 Å². The first kappa shape index (κ1) is 24.6. The molecule has 1 aliphatic heterocycles. The summed E-state index contributed by atoms with van der Waals surface area (Å²) < 4.78 is 7.60. The van der Waals surface area contributed by atoms with Crippen molar-refractivity contribution in [3.8, 4) is 16.9 Å². The van der Waals surface area contributed by atoms with Crippen LogP contribution in [0, 0.1) is 6.92 Å². The molecule has 0 aliphatic carbocycles. The van der Waals surface area contributed by atoms with E-state index in [4.69, 9.17) is 4.74 Å². The van der Waals surface area contributed by atoms with E-state index in [0.29, 0.717) is 17.9 Å². The molecule has 39 heavy (non-hydrogen) atoms. The topological polar surface area (TPSA) is 83.8 Å². The van der Waals surface area contributed by atoms with Crippen LogP contribution >= 0.6 is 0 Å². The number of rotatable bonds is 7. The molecule has 8 nitrogen and oxygen atoms in total. The number of hydrogen-bond acceptors (Lipinski definition) is 6. The first-order valence-corrected chi connectivity index (χ1v) is 13.1. The Morgan fingerprint density at radius 1 is 0.974 bits per heavy atom. The second kappa shape index (κ2) is 11.0. The highest BCUT2D eigenvalue weighted by molar-refractivity contribution is 6.04. The summed E-state index contributed by atoms with van der Waals surface area (Å²) in [6.07, 6.45) is 3.53. The van der Waals surface area contributed by atoms with Crippen molar-refractivity contribution >= 4 is 22.9 Å². The highest BCUT2D eigenvalue weighted by atomic mass is 16.5. The first-order chi connectivity index (χ1) is 19.2. The Labute approximate surface area is 227 Å². The predicted octanol–water partition coefficient (Wildman–Crippen LogP) is 4.95. The van der Waals surface area contributed by atoms with Crippen LogP contribution < -0.4 is 20.3 Å². The minimum Gasteiger partial charge on any atom is -0.489 e. The maximum Gasteiger partial charge on any atom is 0.274 e. The molecule has 0 atom stereocenters. The van der Waals surface area contributed by atoms with Crippen molar-refractivity contribution in [3.05, 3.63) is 108 Å². The Bertz CT molecular complexity index is 1590. The zero-order chi connectivity index (χ0) is 26.6. The molecule has 196 valence electrons. The SMILES string of the molecule is Cc1c(NC(=O)c2ccn3ncc(-c4ccc(OCc5ccccc5)cc4)c3n2)cccc1N1CCNCC1. The Hall–Kier alpha value is -4.69. The molecular weight excluding hydrogens is 488 g/mol. The van der Waals surface area contributed by atoms with Crippen molar-refractivity contribution in [2.75, 3.05) is 36.4 Å². The number of nitrogens with zero attached hydrogens (tertiary/aromatic N) is 4. The van der Waals surface area contributed by atoms with E-state index in [1.54, 1.807) is 23.0 Å². The van der Waals surface area contributed by atoms with Gasteiger partial charge in [0.2, 0.25) is 0 Å². The number of carbonyl (C=O) groups is 1. The lowest BCUT2D eigenvalue weighted by Gasteiger charge is -2.31. The van der Waals surface area contributed by atoms with E-state index in [1.807, 2.05) is 73.7 Å². The van der Waals surface area contributed by atoms with E-state index in [1.165, 1.54) is 0 Å². The molecule has 1 fully saturated rings. The number of piperazine rings is 1. The lowest BCUT2D eigenvalue weighted by molar-refractivity contribution is 0.102. The molecule has 6 rings (SSSR count). The van der Waals surface area contributed by atoms with Crippen LogP contribution in [0.15, 0.2) is 91.3 Å². The van der Waals surface area contributed by atoms with Gasteiger partial charge in [-0.2, -0.15) is 5.10 Å². The minimum absolute atomic E-state index is 0.255. The van der Waals surface area contributed by atoms with E-state index in [-0.39, 0.29) is 5.91 Å². The maximum atomic E-state index is 13.3. The summed E-state index contributed by atoms with van der Waals surface area (Å²) in [7, 11) is 0. The number of benzene rings is 3. The van der Waals surface area contributed by atoms with E-state index >= 15 is 0 Å². The van der Waals surface area contributed by atoms with Crippen LogP contribution in [-0.4, -0.2) is 46.7 Å². The monoisotopic (exact) mass is 518 g/mol.